The van der Waals surface area contributed by atoms with Crippen LogP contribution in [0.2, 0.25) is 0 Å². The van der Waals surface area contributed by atoms with Crippen molar-refractivity contribution in [1.82, 2.24) is 5.32 Å². The van der Waals surface area contributed by atoms with E-state index in [4.69, 9.17) is 0 Å². The molecule has 0 saturated carbocycles. The molecule has 1 aliphatic rings. The fourth-order valence-corrected chi connectivity index (χ4v) is 1.73. The summed E-state index contributed by atoms with van der Waals surface area (Å²) in [6.07, 6.45) is 1.06. The lowest BCUT2D eigenvalue weighted by Gasteiger charge is -2.13. The van der Waals surface area contributed by atoms with Gasteiger partial charge in [-0.2, -0.15) is 0 Å². The second-order valence-electron chi connectivity index (χ2n) is 3.37. The highest BCUT2D eigenvalue weighted by Crippen LogP contribution is 2.36. The van der Waals surface area contributed by atoms with Crippen LogP contribution >= 0.6 is 0 Å². The monoisotopic (exact) mass is 193 g/mol. The second-order valence-corrected chi connectivity index (χ2v) is 3.37. The molecule has 0 aliphatic carbocycles. The third-order valence-electron chi connectivity index (χ3n) is 2.40. The van der Waals surface area contributed by atoms with Crippen LogP contribution in [0.4, 0.5) is 0 Å². The van der Waals surface area contributed by atoms with Crippen LogP contribution in [0.25, 0.3) is 0 Å². The fourth-order valence-electron chi connectivity index (χ4n) is 1.73. The fraction of sp³-hybridized carbons (Fsp3) is 0.300. The predicted octanol–water partition coefficient (Wildman–Crippen LogP) is 1.05. The number of amides is 1. The number of hydrogen-bond donors (Lipinski definition) is 3. The summed E-state index contributed by atoms with van der Waals surface area (Å²) in [5, 5.41) is 21.7. The molecule has 1 heterocycles. The lowest BCUT2D eigenvalue weighted by atomic mass is 10.0. The summed E-state index contributed by atoms with van der Waals surface area (Å²) in [5.74, 6) is 0.00653. The number of phenolic OH excluding ortho intramolecular Hbond substituents is 2. The zero-order valence-corrected chi connectivity index (χ0v) is 7.53. The van der Waals surface area contributed by atoms with Crippen LogP contribution in [0, 0.1) is 0 Å². The SMILES string of the molecule is O=C1CCC(c2c(O)cccc2O)N1. The molecular formula is C10H11NO3. The minimum atomic E-state index is -0.260. The summed E-state index contributed by atoms with van der Waals surface area (Å²) >= 11 is 0. The molecule has 1 aromatic rings. The molecule has 1 aliphatic heterocycles. The molecule has 74 valence electrons. The molecule has 0 aromatic heterocycles. The second kappa shape index (κ2) is 3.21. The zero-order valence-electron chi connectivity index (χ0n) is 7.53. The van der Waals surface area contributed by atoms with Gasteiger partial charge in [0.25, 0.3) is 0 Å². The summed E-state index contributed by atoms with van der Waals surface area (Å²) in [6, 6.07) is 4.30. The summed E-state index contributed by atoms with van der Waals surface area (Å²) in [6.45, 7) is 0. The van der Waals surface area contributed by atoms with E-state index in [-0.39, 0.29) is 23.4 Å². The van der Waals surface area contributed by atoms with E-state index in [9.17, 15) is 15.0 Å². The van der Waals surface area contributed by atoms with Crippen molar-refractivity contribution >= 4 is 5.91 Å². The maximum Gasteiger partial charge on any atom is 0.220 e. The molecular weight excluding hydrogens is 182 g/mol. The van der Waals surface area contributed by atoms with Gasteiger partial charge in [0.1, 0.15) is 11.5 Å². The smallest absolute Gasteiger partial charge is 0.220 e. The molecule has 3 N–H and O–H groups in total. The van der Waals surface area contributed by atoms with E-state index >= 15 is 0 Å². The van der Waals surface area contributed by atoms with Crippen LogP contribution in [0.1, 0.15) is 24.4 Å². The number of carbonyl (C=O) groups is 1. The first-order chi connectivity index (χ1) is 6.68. The number of carbonyl (C=O) groups excluding carboxylic acids is 1. The highest BCUT2D eigenvalue weighted by molar-refractivity contribution is 5.79. The Morgan fingerprint density at radius 1 is 1.29 bits per heavy atom. The quantitative estimate of drug-likeness (QED) is 0.624. The van der Waals surface area contributed by atoms with Crippen molar-refractivity contribution in [2.75, 3.05) is 0 Å². The molecule has 1 aromatic carbocycles. The Morgan fingerprint density at radius 3 is 2.43 bits per heavy atom. The average molecular weight is 193 g/mol. The summed E-state index contributed by atoms with van der Waals surface area (Å²) in [4.78, 5) is 11.0. The number of aromatic hydroxyl groups is 2. The molecule has 0 bridgehead atoms. The number of phenols is 2. The minimum Gasteiger partial charge on any atom is -0.507 e. The van der Waals surface area contributed by atoms with Crippen molar-refractivity contribution in [3.05, 3.63) is 23.8 Å². The average Bonchev–Trinajstić information content (AvgIpc) is 2.51. The Bertz CT molecular complexity index is 355. The van der Waals surface area contributed by atoms with Gasteiger partial charge in [0.2, 0.25) is 5.91 Å². The Morgan fingerprint density at radius 2 is 1.93 bits per heavy atom. The first kappa shape index (κ1) is 8.87. The normalized spacial score (nSPS) is 20.9. The zero-order chi connectivity index (χ0) is 10.1. The van der Waals surface area contributed by atoms with Gasteiger partial charge < -0.3 is 15.5 Å². The van der Waals surface area contributed by atoms with Crippen molar-refractivity contribution in [1.29, 1.82) is 0 Å². The highest BCUT2D eigenvalue weighted by Gasteiger charge is 2.26. The minimum absolute atomic E-state index is 0.0252. The summed E-state index contributed by atoms with van der Waals surface area (Å²) < 4.78 is 0. The lowest BCUT2D eigenvalue weighted by molar-refractivity contribution is -0.119. The number of nitrogens with one attached hydrogen (secondary N) is 1. The van der Waals surface area contributed by atoms with Gasteiger partial charge in [-0.05, 0) is 18.6 Å². The van der Waals surface area contributed by atoms with Gasteiger partial charge in [0.15, 0.2) is 0 Å². The molecule has 1 unspecified atom stereocenters. The molecule has 1 atom stereocenters. The molecule has 1 saturated heterocycles. The summed E-state index contributed by atoms with van der Waals surface area (Å²) in [7, 11) is 0. The summed E-state index contributed by atoms with van der Waals surface area (Å²) in [5.41, 5.74) is 0.415. The molecule has 14 heavy (non-hydrogen) atoms. The molecule has 1 amide bonds. The van der Waals surface area contributed by atoms with Crippen molar-refractivity contribution in [2.24, 2.45) is 0 Å². The number of benzene rings is 1. The first-order valence-electron chi connectivity index (χ1n) is 4.48. The predicted molar refractivity (Wildman–Crippen MR) is 49.9 cm³/mol. The van der Waals surface area contributed by atoms with Gasteiger partial charge in [0.05, 0.1) is 11.6 Å². The van der Waals surface area contributed by atoms with Gasteiger partial charge in [0, 0.05) is 6.42 Å². The maximum atomic E-state index is 11.0. The van der Waals surface area contributed by atoms with Crippen molar-refractivity contribution in [3.8, 4) is 11.5 Å². The van der Waals surface area contributed by atoms with Gasteiger partial charge in [-0.3, -0.25) is 4.79 Å². The van der Waals surface area contributed by atoms with Crippen molar-refractivity contribution in [2.45, 2.75) is 18.9 Å². The van der Waals surface area contributed by atoms with E-state index in [1.165, 1.54) is 12.1 Å². The molecule has 4 heteroatoms. The van der Waals surface area contributed by atoms with Crippen LogP contribution in [0.3, 0.4) is 0 Å². The standard InChI is InChI=1S/C10H11NO3/c12-7-2-1-3-8(13)10(7)6-4-5-9(14)11-6/h1-3,6,12-13H,4-5H2,(H,11,14). The Labute approximate surface area is 81.2 Å². The number of hydrogen-bond acceptors (Lipinski definition) is 3. The van der Waals surface area contributed by atoms with E-state index in [1.54, 1.807) is 6.07 Å². The van der Waals surface area contributed by atoms with Crippen LogP contribution in [-0.4, -0.2) is 16.1 Å². The maximum absolute atomic E-state index is 11.0. The number of rotatable bonds is 1. The third kappa shape index (κ3) is 1.39. The topological polar surface area (TPSA) is 69.6 Å². The van der Waals surface area contributed by atoms with E-state index < -0.39 is 0 Å². The van der Waals surface area contributed by atoms with Crippen molar-refractivity contribution in [3.63, 3.8) is 0 Å². The molecule has 0 spiro atoms. The van der Waals surface area contributed by atoms with Gasteiger partial charge in [-0.1, -0.05) is 6.07 Å². The lowest BCUT2D eigenvalue weighted by Crippen LogP contribution is -2.18. The first-order valence-corrected chi connectivity index (χ1v) is 4.48. The third-order valence-corrected chi connectivity index (χ3v) is 2.40. The highest BCUT2D eigenvalue weighted by atomic mass is 16.3. The van der Waals surface area contributed by atoms with E-state index in [0.717, 1.165) is 0 Å². The van der Waals surface area contributed by atoms with Crippen LogP contribution in [0.15, 0.2) is 18.2 Å². The Hall–Kier alpha value is -1.71. The van der Waals surface area contributed by atoms with Gasteiger partial charge >= 0.3 is 0 Å². The largest absolute Gasteiger partial charge is 0.507 e. The molecule has 1 fully saturated rings. The molecule has 4 nitrogen and oxygen atoms in total. The van der Waals surface area contributed by atoms with E-state index in [0.29, 0.717) is 18.4 Å². The molecule has 2 rings (SSSR count). The van der Waals surface area contributed by atoms with Crippen LogP contribution in [0.5, 0.6) is 11.5 Å². The van der Waals surface area contributed by atoms with E-state index in [1.807, 2.05) is 0 Å². The Kier molecular flexibility index (Phi) is 2.04. The van der Waals surface area contributed by atoms with Crippen molar-refractivity contribution < 1.29 is 15.0 Å². The van der Waals surface area contributed by atoms with Gasteiger partial charge in [-0.25, -0.2) is 0 Å². The van der Waals surface area contributed by atoms with Gasteiger partial charge in [-0.15, -0.1) is 0 Å². The molecule has 0 radical (unpaired) electrons. The van der Waals surface area contributed by atoms with E-state index in [2.05, 4.69) is 5.32 Å². The van der Waals surface area contributed by atoms with Crippen LogP contribution < -0.4 is 5.32 Å². The Balaban J connectivity index is 2.36. The van der Waals surface area contributed by atoms with Crippen LogP contribution in [-0.2, 0) is 4.79 Å².